The lowest BCUT2D eigenvalue weighted by atomic mass is 10.2. The fraction of sp³-hybridized carbons (Fsp3) is 0.364. The summed E-state index contributed by atoms with van der Waals surface area (Å²) in [6.07, 6.45) is 4.48. The molecule has 0 aliphatic heterocycles. The maximum absolute atomic E-state index is 5.04. The predicted molar refractivity (Wildman–Crippen MR) is 57.0 cm³/mol. The Bertz CT molecular complexity index is 488. The van der Waals surface area contributed by atoms with Gasteiger partial charge in [0.25, 0.3) is 0 Å². The maximum Gasteiger partial charge on any atom is 0.0960 e. The van der Waals surface area contributed by atoms with Gasteiger partial charge in [0.1, 0.15) is 0 Å². The Balaban J connectivity index is 2.05. The molecule has 0 amide bonds. The van der Waals surface area contributed by atoms with Crippen LogP contribution >= 0.6 is 0 Å². The summed E-state index contributed by atoms with van der Waals surface area (Å²) < 4.78 is 2.25. The third kappa shape index (κ3) is 1.52. The SMILES string of the molecule is NOCc1ccc2c(c1)ncn2C1CC1. The molecule has 2 aromatic rings. The summed E-state index contributed by atoms with van der Waals surface area (Å²) in [6, 6.07) is 6.83. The van der Waals surface area contributed by atoms with Crippen LogP contribution in [0.4, 0.5) is 0 Å². The summed E-state index contributed by atoms with van der Waals surface area (Å²) in [7, 11) is 0. The van der Waals surface area contributed by atoms with E-state index in [0.717, 1.165) is 11.1 Å². The Kier molecular flexibility index (Phi) is 1.97. The molecular weight excluding hydrogens is 190 g/mol. The summed E-state index contributed by atoms with van der Waals surface area (Å²) >= 11 is 0. The molecule has 4 heteroatoms. The Hall–Kier alpha value is -1.39. The Morgan fingerprint density at radius 2 is 2.33 bits per heavy atom. The first-order valence-electron chi connectivity index (χ1n) is 5.15. The highest BCUT2D eigenvalue weighted by molar-refractivity contribution is 5.76. The largest absolute Gasteiger partial charge is 0.327 e. The number of imidazole rings is 1. The van der Waals surface area contributed by atoms with E-state index >= 15 is 0 Å². The number of nitrogens with two attached hydrogens (primary N) is 1. The first-order chi connectivity index (χ1) is 7.38. The van der Waals surface area contributed by atoms with Gasteiger partial charge in [0.05, 0.1) is 24.0 Å². The molecule has 1 aliphatic rings. The molecule has 0 spiro atoms. The molecular formula is C11H13N3O. The van der Waals surface area contributed by atoms with Gasteiger partial charge in [0, 0.05) is 6.04 Å². The molecule has 1 saturated carbocycles. The molecule has 0 saturated heterocycles. The van der Waals surface area contributed by atoms with Gasteiger partial charge in [-0.05, 0) is 30.5 Å². The van der Waals surface area contributed by atoms with Gasteiger partial charge in [0.2, 0.25) is 0 Å². The van der Waals surface area contributed by atoms with Crippen molar-refractivity contribution < 1.29 is 4.84 Å². The van der Waals surface area contributed by atoms with Crippen LogP contribution in [0.15, 0.2) is 24.5 Å². The zero-order valence-electron chi connectivity index (χ0n) is 8.39. The zero-order chi connectivity index (χ0) is 10.3. The number of fused-ring (bicyclic) bond motifs is 1. The quantitative estimate of drug-likeness (QED) is 0.773. The molecule has 0 atom stereocenters. The average Bonchev–Trinajstić information content (AvgIpc) is 3.00. The van der Waals surface area contributed by atoms with Crippen molar-refractivity contribution in [1.29, 1.82) is 0 Å². The molecule has 0 radical (unpaired) electrons. The highest BCUT2D eigenvalue weighted by Crippen LogP contribution is 2.37. The van der Waals surface area contributed by atoms with Gasteiger partial charge in [-0.1, -0.05) is 6.07 Å². The standard InChI is InChI=1S/C11H13N3O/c12-15-6-8-1-4-11-10(5-8)13-7-14(11)9-2-3-9/h1,4-5,7,9H,2-3,6,12H2. The van der Waals surface area contributed by atoms with E-state index in [1.54, 1.807) is 0 Å². The number of hydrogen-bond donors (Lipinski definition) is 1. The summed E-state index contributed by atoms with van der Waals surface area (Å²) in [5, 5.41) is 0. The predicted octanol–water partition coefficient (Wildman–Crippen LogP) is 1.76. The van der Waals surface area contributed by atoms with Crippen LogP contribution in [0, 0.1) is 0 Å². The van der Waals surface area contributed by atoms with E-state index < -0.39 is 0 Å². The number of hydrogen-bond acceptors (Lipinski definition) is 3. The topological polar surface area (TPSA) is 53.1 Å². The van der Waals surface area contributed by atoms with Crippen molar-refractivity contribution in [2.45, 2.75) is 25.5 Å². The maximum atomic E-state index is 5.04. The lowest BCUT2D eigenvalue weighted by Gasteiger charge is -2.02. The van der Waals surface area contributed by atoms with Gasteiger partial charge in [-0.15, -0.1) is 0 Å². The van der Waals surface area contributed by atoms with E-state index in [-0.39, 0.29) is 0 Å². The van der Waals surface area contributed by atoms with Crippen LogP contribution in [0.25, 0.3) is 11.0 Å². The minimum atomic E-state index is 0.437. The molecule has 1 aromatic carbocycles. The van der Waals surface area contributed by atoms with Crippen LogP contribution in [0.1, 0.15) is 24.4 Å². The first-order valence-corrected chi connectivity index (χ1v) is 5.15. The molecule has 0 bridgehead atoms. The molecule has 1 heterocycles. The molecule has 1 fully saturated rings. The Morgan fingerprint density at radius 3 is 3.07 bits per heavy atom. The first kappa shape index (κ1) is 8.88. The van der Waals surface area contributed by atoms with Crippen molar-refractivity contribution in [1.82, 2.24) is 9.55 Å². The van der Waals surface area contributed by atoms with Gasteiger partial charge < -0.3 is 4.57 Å². The van der Waals surface area contributed by atoms with Gasteiger partial charge >= 0.3 is 0 Å². The fourth-order valence-electron chi connectivity index (χ4n) is 1.91. The average molecular weight is 203 g/mol. The monoisotopic (exact) mass is 203 g/mol. The second-order valence-corrected chi connectivity index (χ2v) is 4.02. The van der Waals surface area contributed by atoms with Crippen molar-refractivity contribution in [2.75, 3.05) is 0 Å². The number of nitrogens with zero attached hydrogens (tertiary/aromatic N) is 2. The van der Waals surface area contributed by atoms with E-state index in [1.165, 1.54) is 18.4 Å². The van der Waals surface area contributed by atoms with Crippen molar-refractivity contribution in [2.24, 2.45) is 5.90 Å². The van der Waals surface area contributed by atoms with E-state index in [4.69, 9.17) is 5.90 Å². The number of aromatic nitrogens is 2. The second-order valence-electron chi connectivity index (χ2n) is 4.02. The van der Waals surface area contributed by atoms with Crippen molar-refractivity contribution in [3.05, 3.63) is 30.1 Å². The van der Waals surface area contributed by atoms with Crippen molar-refractivity contribution >= 4 is 11.0 Å². The van der Waals surface area contributed by atoms with Crippen molar-refractivity contribution in [3.63, 3.8) is 0 Å². The third-order valence-electron chi connectivity index (χ3n) is 2.83. The van der Waals surface area contributed by atoms with Gasteiger partial charge in [-0.2, -0.15) is 0 Å². The molecule has 2 N–H and O–H groups in total. The molecule has 1 aliphatic carbocycles. The smallest absolute Gasteiger partial charge is 0.0960 e. The minimum absolute atomic E-state index is 0.437. The van der Waals surface area contributed by atoms with Gasteiger partial charge in [0.15, 0.2) is 0 Å². The lowest BCUT2D eigenvalue weighted by molar-refractivity contribution is 0.124. The number of benzene rings is 1. The van der Waals surface area contributed by atoms with Crippen LogP contribution < -0.4 is 5.90 Å². The molecule has 78 valence electrons. The van der Waals surface area contributed by atoms with E-state index in [2.05, 4.69) is 20.5 Å². The van der Waals surface area contributed by atoms with Crippen LogP contribution in [0.3, 0.4) is 0 Å². The van der Waals surface area contributed by atoms with Crippen LogP contribution in [-0.2, 0) is 11.4 Å². The van der Waals surface area contributed by atoms with E-state index in [0.29, 0.717) is 12.6 Å². The van der Waals surface area contributed by atoms with Gasteiger partial charge in [-0.3, -0.25) is 4.84 Å². The molecule has 0 unspecified atom stereocenters. The Labute approximate surface area is 87.6 Å². The number of rotatable bonds is 3. The summed E-state index contributed by atoms with van der Waals surface area (Å²) in [5.41, 5.74) is 3.29. The highest BCUT2D eigenvalue weighted by atomic mass is 16.6. The lowest BCUT2D eigenvalue weighted by Crippen LogP contribution is -1.98. The summed E-state index contributed by atoms with van der Waals surface area (Å²) in [4.78, 5) is 9.00. The van der Waals surface area contributed by atoms with E-state index in [9.17, 15) is 0 Å². The van der Waals surface area contributed by atoms with Crippen LogP contribution in [0.2, 0.25) is 0 Å². The molecule has 15 heavy (non-hydrogen) atoms. The molecule has 4 nitrogen and oxygen atoms in total. The fourth-order valence-corrected chi connectivity index (χ4v) is 1.91. The molecule has 1 aromatic heterocycles. The molecule has 3 rings (SSSR count). The zero-order valence-corrected chi connectivity index (χ0v) is 8.39. The van der Waals surface area contributed by atoms with Gasteiger partial charge in [-0.25, -0.2) is 10.9 Å². The highest BCUT2D eigenvalue weighted by Gasteiger charge is 2.24. The van der Waals surface area contributed by atoms with Crippen LogP contribution in [0.5, 0.6) is 0 Å². The Morgan fingerprint density at radius 1 is 1.47 bits per heavy atom. The van der Waals surface area contributed by atoms with E-state index in [1.807, 2.05) is 18.5 Å². The summed E-state index contributed by atoms with van der Waals surface area (Å²) in [5.74, 6) is 5.04. The second kappa shape index (κ2) is 3.32. The third-order valence-corrected chi connectivity index (χ3v) is 2.83. The van der Waals surface area contributed by atoms with Crippen LogP contribution in [-0.4, -0.2) is 9.55 Å². The van der Waals surface area contributed by atoms with Crippen molar-refractivity contribution in [3.8, 4) is 0 Å². The minimum Gasteiger partial charge on any atom is -0.327 e. The normalized spacial score (nSPS) is 16.1. The summed E-state index contributed by atoms with van der Waals surface area (Å²) in [6.45, 7) is 0.437.